The number of nitriles is 1. The molecular weight excluding hydrogens is 578 g/mol. The van der Waals surface area contributed by atoms with E-state index in [1.54, 1.807) is 0 Å². The number of amides is 1. The van der Waals surface area contributed by atoms with E-state index in [2.05, 4.69) is 16.6 Å². The Morgan fingerprint density at radius 1 is 1.11 bits per heavy atom. The fourth-order valence-corrected chi connectivity index (χ4v) is 6.16. The van der Waals surface area contributed by atoms with Crippen LogP contribution >= 0.6 is 11.8 Å². The Hall–Kier alpha value is -5.47. The molecule has 0 aliphatic heterocycles. The number of hydrogen-bond acceptors (Lipinski definition) is 9. The van der Waals surface area contributed by atoms with Crippen molar-refractivity contribution in [2.24, 2.45) is 5.10 Å². The average molecular weight is 604 g/mol. The van der Waals surface area contributed by atoms with Gasteiger partial charge in [-0.25, -0.2) is 10.4 Å². The monoisotopic (exact) mass is 603 g/mol. The first kappa shape index (κ1) is 28.6. The number of nitrogens with one attached hydrogen (secondary N) is 1. The number of nitro benzene ring substituents is 1. The molecule has 1 aliphatic carbocycles. The van der Waals surface area contributed by atoms with Gasteiger partial charge < -0.3 is 9.52 Å². The first-order valence-corrected chi connectivity index (χ1v) is 14.9. The maximum absolute atomic E-state index is 12.9. The van der Waals surface area contributed by atoms with Crippen molar-refractivity contribution in [3.05, 3.63) is 105 Å². The molecule has 0 unspecified atom stereocenters. The molecule has 0 radical (unpaired) electrons. The van der Waals surface area contributed by atoms with Crippen LogP contribution in [0.15, 0.2) is 87.3 Å². The number of nitrogens with zero attached hydrogens (tertiary/aromatic N) is 4. The Labute approximate surface area is 256 Å². The highest BCUT2D eigenvalue weighted by molar-refractivity contribution is 8.00. The second kappa shape index (κ2) is 12.4. The molecule has 6 rings (SSSR count). The van der Waals surface area contributed by atoms with Crippen LogP contribution in [0.2, 0.25) is 0 Å². The number of fused-ring (bicyclic) bond motifs is 3. The third-order valence-corrected chi connectivity index (χ3v) is 8.38. The fraction of sp³-hybridized carbons (Fsp3) is 0.152. The standard InChI is InChI=1S/C33H25N5O5S/c34-17-24-23(20-9-3-1-4-10-20)15-26(21-11-5-2-6-12-21)36-33(24)44-19-30(39)37-35-18-25-31-22-13-7-8-14-28(22)43-29(31)16-27(32(25)40)38(41)42/h1-6,9-12,15-16,18,40H,7-8,13-14,19H2,(H,37,39)/b35-18+. The lowest BCUT2D eigenvalue weighted by atomic mass is 9.93. The molecule has 0 bridgehead atoms. The number of aromatic nitrogens is 1. The van der Waals surface area contributed by atoms with Crippen molar-refractivity contribution in [1.29, 1.82) is 5.26 Å². The fourth-order valence-electron chi connectivity index (χ4n) is 5.37. The minimum Gasteiger partial charge on any atom is -0.502 e. The maximum atomic E-state index is 12.9. The van der Waals surface area contributed by atoms with Gasteiger partial charge in [0.2, 0.25) is 11.7 Å². The number of rotatable bonds is 8. The summed E-state index contributed by atoms with van der Waals surface area (Å²) >= 11 is 1.10. The lowest BCUT2D eigenvalue weighted by Gasteiger charge is -2.12. The zero-order valence-corrected chi connectivity index (χ0v) is 24.1. The number of carbonyl (C=O) groups is 1. The minimum atomic E-state index is -0.685. The first-order chi connectivity index (χ1) is 21.4. The van der Waals surface area contributed by atoms with E-state index in [-0.39, 0.29) is 11.3 Å². The van der Waals surface area contributed by atoms with Crippen molar-refractivity contribution >= 4 is 40.5 Å². The number of aromatic hydroxyl groups is 1. The van der Waals surface area contributed by atoms with Gasteiger partial charge in [0.15, 0.2) is 0 Å². The van der Waals surface area contributed by atoms with Crippen LogP contribution in [0.3, 0.4) is 0 Å². The number of aryl methyl sites for hydroxylation is 2. The number of nitro groups is 1. The smallest absolute Gasteiger partial charge is 0.315 e. The number of pyridine rings is 1. The molecule has 2 aromatic heterocycles. The number of benzene rings is 3. The van der Waals surface area contributed by atoms with E-state index in [0.717, 1.165) is 47.1 Å². The van der Waals surface area contributed by atoms with Crippen molar-refractivity contribution < 1.29 is 19.2 Å². The summed E-state index contributed by atoms with van der Waals surface area (Å²) in [5, 5.41) is 37.4. The number of carbonyl (C=O) groups excluding carboxylic acids is 1. The lowest BCUT2D eigenvalue weighted by Crippen LogP contribution is -2.20. The second-order valence-corrected chi connectivity index (χ2v) is 11.1. The highest BCUT2D eigenvalue weighted by Gasteiger charge is 2.27. The van der Waals surface area contributed by atoms with Gasteiger partial charge in [0.25, 0.3) is 0 Å². The summed E-state index contributed by atoms with van der Waals surface area (Å²) in [5.74, 6) is -0.394. The molecule has 2 N–H and O–H groups in total. The van der Waals surface area contributed by atoms with Crippen LogP contribution < -0.4 is 5.43 Å². The van der Waals surface area contributed by atoms with Crippen LogP contribution in [0, 0.1) is 21.4 Å². The van der Waals surface area contributed by atoms with E-state index in [1.165, 1.54) is 12.3 Å². The third kappa shape index (κ3) is 5.63. The molecule has 0 saturated heterocycles. The zero-order valence-electron chi connectivity index (χ0n) is 23.3. The highest BCUT2D eigenvalue weighted by atomic mass is 32.2. The van der Waals surface area contributed by atoms with Gasteiger partial charge in [0, 0.05) is 28.5 Å². The molecule has 11 heteroatoms. The quantitative estimate of drug-likeness (QED) is 0.0852. The SMILES string of the molecule is N#Cc1c(-c2ccccc2)cc(-c2ccccc2)nc1SCC(=O)N/N=C/c1c(O)c([N+](=O)[O-])cc2oc3c(c12)CCCC3. The largest absolute Gasteiger partial charge is 0.502 e. The summed E-state index contributed by atoms with van der Waals surface area (Å²) in [6, 6.07) is 24.4. The highest BCUT2D eigenvalue weighted by Crippen LogP contribution is 2.41. The van der Waals surface area contributed by atoms with E-state index in [1.807, 2.05) is 66.7 Å². The normalized spacial score (nSPS) is 12.6. The Bertz CT molecular complexity index is 1970. The van der Waals surface area contributed by atoms with Crippen molar-refractivity contribution in [2.75, 3.05) is 5.75 Å². The Morgan fingerprint density at radius 2 is 1.82 bits per heavy atom. The van der Waals surface area contributed by atoms with Crippen LogP contribution in [0.5, 0.6) is 5.75 Å². The maximum Gasteiger partial charge on any atom is 0.315 e. The van der Waals surface area contributed by atoms with E-state index in [0.29, 0.717) is 45.7 Å². The average Bonchev–Trinajstić information content (AvgIpc) is 3.43. The van der Waals surface area contributed by atoms with Gasteiger partial charge in [0.1, 0.15) is 22.4 Å². The number of hydrazone groups is 1. The number of hydrogen-bond donors (Lipinski definition) is 2. The molecule has 5 aromatic rings. The van der Waals surface area contributed by atoms with Gasteiger partial charge in [-0.2, -0.15) is 10.4 Å². The number of phenols is 1. The summed E-state index contributed by atoms with van der Waals surface area (Å²) in [6.07, 6.45) is 4.51. The molecule has 0 atom stereocenters. The van der Waals surface area contributed by atoms with E-state index >= 15 is 0 Å². The topological polar surface area (TPSA) is 155 Å². The molecule has 3 aromatic carbocycles. The number of phenolic OH excluding ortho intramolecular Hbond substituents is 1. The van der Waals surface area contributed by atoms with Crippen molar-refractivity contribution in [3.8, 4) is 34.2 Å². The molecule has 0 spiro atoms. The third-order valence-electron chi connectivity index (χ3n) is 7.41. The first-order valence-electron chi connectivity index (χ1n) is 13.9. The van der Waals surface area contributed by atoms with Gasteiger partial charge in [0.05, 0.1) is 39.8 Å². The van der Waals surface area contributed by atoms with Crippen LogP contribution in [0.4, 0.5) is 5.69 Å². The molecular formula is C33H25N5O5S. The Morgan fingerprint density at radius 3 is 2.52 bits per heavy atom. The van der Waals surface area contributed by atoms with Gasteiger partial charge in [-0.15, -0.1) is 0 Å². The van der Waals surface area contributed by atoms with Crippen molar-refractivity contribution in [2.45, 2.75) is 30.7 Å². The molecule has 1 amide bonds. The zero-order chi connectivity index (χ0) is 30.6. The molecule has 44 heavy (non-hydrogen) atoms. The van der Waals surface area contributed by atoms with Crippen molar-refractivity contribution in [3.63, 3.8) is 0 Å². The predicted octanol–water partition coefficient (Wildman–Crippen LogP) is 6.77. The van der Waals surface area contributed by atoms with Crippen LogP contribution in [-0.4, -0.2) is 32.9 Å². The van der Waals surface area contributed by atoms with Crippen molar-refractivity contribution in [1.82, 2.24) is 10.4 Å². The summed E-state index contributed by atoms with van der Waals surface area (Å²) < 4.78 is 5.90. The van der Waals surface area contributed by atoms with Crippen LogP contribution in [-0.2, 0) is 17.6 Å². The minimum absolute atomic E-state index is 0.108. The Kier molecular flexibility index (Phi) is 8.08. The summed E-state index contributed by atoms with van der Waals surface area (Å²) in [7, 11) is 0. The van der Waals surface area contributed by atoms with Crippen LogP contribution in [0.25, 0.3) is 33.4 Å². The van der Waals surface area contributed by atoms with E-state index in [9.17, 15) is 25.3 Å². The molecule has 218 valence electrons. The van der Waals surface area contributed by atoms with E-state index < -0.39 is 22.3 Å². The van der Waals surface area contributed by atoms with E-state index in [4.69, 9.17) is 9.40 Å². The van der Waals surface area contributed by atoms with Gasteiger partial charge in [-0.05, 0) is 30.9 Å². The van der Waals surface area contributed by atoms with Crippen LogP contribution in [0.1, 0.15) is 35.3 Å². The number of furan rings is 1. The molecule has 0 fully saturated rings. The number of thioether (sulfide) groups is 1. The summed E-state index contributed by atoms with van der Waals surface area (Å²) in [6.45, 7) is 0. The molecule has 2 heterocycles. The lowest BCUT2D eigenvalue weighted by molar-refractivity contribution is -0.385. The summed E-state index contributed by atoms with van der Waals surface area (Å²) in [5.41, 5.74) is 6.68. The van der Waals surface area contributed by atoms with Gasteiger partial charge in [-0.1, -0.05) is 72.4 Å². The molecule has 10 nitrogen and oxygen atoms in total. The molecule has 1 aliphatic rings. The van der Waals surface area contributed by atoms with Gasteiger partial charge >= 0.3 is 5.69 Å². The molecule has 0 saturated carbocycles. The predicted molar refractivity (Wildman–Crippen MR) is 167 cm³/mol. The Balaban J connectivity index is 1.27. The summed E-state index contributed by atoms with van der Waals surface area (Å²) in [4.78, 5) is 28.5. The van der Waals surface area contributed by atoms with Gasteiger partial charge in [-0.3, -0.25) is 14.9 Å². The second-order valence-electron chi connectivity index (χ2n) is 10.2.